The van der Waals surface area contributed by atoms with Gasteiger partial charge in [-0.3, -0.25) is 9.11 Å². The molecule has 0 amide bonds. The molecule has 4 N–H and O–H groups in total. The van der Waals surface area contributed by atoms with Crippen LogP contribution < -0.4 is 5.73 Å². The molecule has 16 heavy (non-hydrogen) atoms. The first-order valence-electron chi connectivity index (χ1n) is 3.95. The van der Waals surface area contributed by atoms with Gasteiger partial charge in [0.25, 0.3) is 20.2 Å². The summed E-state index contributed by atoms with van der Waals surface area (Å²) in [5.41, 5.74) is 5.11. The molecular weight excluding hydrogens is 258 g/mol. The first-order valence-corrected chi connectivity index (χ1v) is 6.83. The molecule has 0 fully saturated rings. The first-order chi connectivity index (χ1) is 7.18. The third-order valence-electron chi connectivity index (χ3n) is 1.82. The lowest BCUT2D eigenvalue weighted by Crippen LogP contribution is -2.13. The Labute approximate surface area is 92.4 Å². The number of hydrogen-bond acceptors (Lipinski definition) is 5. The van der Waals surface area contributed by atoms with Crippen LogP contribution in [0.5, 0.6) is 0 Å². The van der Waals surface area contributed by atoms with Crippen molar-refractivity contribution in [3.05, 3.63) is 23.8 Å². The zero-order valence-electron chi connectivity index (χ0n) is 7.86. The van der Waals surface area contributed by atoms with Gasteiger partial charge in [0, 0.05) is 6.54 Å². The average Bonchev–Trinajstić information content (AvgIpc) is 2.13. The molecule has 0 saturated heterocycles. The summed E-state index contributed by atoms with van der Waals surface area (Å²) in [6.07, 6.45) is 0. The second-order valence-corrected chi connectivity index (χ2v) is 5.65. The smallest absolute Gasteiger partial charge is 0.296 e. The molecular formula is C7H9NO6S2. The van der Waals surface area contributed by atoms with Crippen molar-refractivity contribution in [2.24, 2.45) is 5.73 Å². The molecule has 0 spiro atoms. The van der Waals surface area contributed by atoms with Crippen LogP contribution in [-0.2, 0) is 26.8 Å². The fourth-order valence-electron chi connectivity index (χ4n) is 1.22. The molecule has 0 aliphatic rings. The second-order valence-electron chi connectivity index (χ2n) is 2.90. The van der Waals surface area contributed by atoms with Crippen LogP contribution in [0.2, 0.25) is 0 Å². The van der Waals surface area contributed by atoms with Gasteiger partial charge in [0.15, 0.2) is 0 Å². The predicted molar refractivity (Wildman–Crippen MR) is 54.0 cm³/mol. The molecule has 0 saturated carbocycles. The number of rotatable bonds is 3. The maximum atomic E-state index is 11.0. The Balaban J connectivity index is 3.79. The van der Waals surface area contributed by atoms with Gasteiger partial charge >= 0.3 is 0 Å². The highest BCUT2D eigenvalue weighted by molar-refractivity contribution is 7.89. The van der Waals surface area contributed by atoms with Crippen molar-refractivity contribution in [3.63, 3.8) is 0 Å². The number of nitrogens with two attached hydrogens (primary N) is 1. The Kier molecular flexibility index (Phi) is 3.35. The lowest BCUT2D eigenvalue weighted by atomic mass is 10.2. The van der Waals surface area contributed by atoms with E-state index in [0.717, 1.165) is 6.07 Å². The normalized spacial score (nSPS) is 12.7. The largest absolute Gasteiger partial charge is 0.326 e. The van der Waals surface area contributed by atoms with Gasteiger partial charge in [0.2, 0.25) is 0 Å². The summed E-state index contributed by atoms with van der Waals surface area (Å²) in [6, 6.07) is 3.30. The third-order valence-corrected chi connectivity index (χ3v) is 3.84. The molecule has 90 valence electrons. The van der Waals surface area contributed by atoms with E-state index in [-0.39, 0.29) is 12.1 Å². The summed E-state index contributed by atoms with van der Waals surface area (Å²) in [5.74, 6) is 0. The van der Waals surface area contributed by atoms with Crippen LogP contribution in [0.1, 0.15) is 5.56 Å². The SMILES string of the molecule is NCc1cccc(S(=O)(=O)O)c1S(=O)(=O)O. The Morgan fingerprint density at radius 2 is 1.62 bits per heavy atom. The minimum absolute atomic E-state index is 0.0994. The van der Waals surface area contributed by atoms with E-state index in [1.165, 1.54) is 12.1 Å². The summed E-state index contributed by atoms with van der Waals surface area (Å²) in [4.78, 5) is -1.78. The highest BCUT2D eigenvalue weighted by Gasteiger charge is 2.26. The van der Waals surface area contributed by atoms with Crippen molar-refractivity contribution in [1.82, 2.24) is 0 Å². The molecule has 0 unspecified atom stereocenters. The van der Waals surface area contributed by atoms with E-state index >= 15 is 0 Å². The monoisotopic (exact) mass is 267 g/mol. The molecule has 0 atom stereocenters. The topological polar surface area (TPSA) is 135 Å². The molecule has 0 radical (unpaired) electrons. The molecule has 0 bridgehead atoms. The standard InChI is InChI=1S/C7H9NO6S2/c8-4-5-2-1-3-6(15(9,10)11)7(5)16(12,13)14/h1-3H,4,8H2,(H,9,10,11)(H,12,13,14). The van der Waals surface area contributed by atoms with Crippen molar-refractivity contribution < 1.29 is 25.9 Å². The minimum atomic E-state index is -4.78. The van der Waals surface area contributed by atoms with Crippen molar-refractivity contribution in [2.45, 2.75) is 16.3 Å². The van der Waals surface area contributed by atoms with Gasteiger partial charge in [-0.05, 0) is 11.6 Å². The maximum Gasteiger partial charge on any atom is 0.296 e. The maximum absolute atomic E-state index is 11.0. The average molecular weight is 267 g/mol. The van der Waals surface area contributed by atoms with Crippen molar-refractivity contribution >= 4 is 20.2 Å². The van der Waals surface area contributed by atoms with E-state index < -0.39 is 30.0 Å². The summed E-state index contributed by atoms with van der Waals surface area (Å²) in [6.45, 7) is -0.293. The van der Waals surface area contributed by atoms with Crippen molar-refractivity contribution in [3.8, 4) is 0 Å². The van der Waals surface area contributed by atoms with E-state index in [0.29, 0.717) is 0 Å². The van der Waals surface area contributed by atoms with E-state index in [4.69, 9.17) is 14.8 Å². The first kappa shape index (κ1) is 13.1. The highest BCUT2D eigenvalue weighted by Crippen LogP contribution is 2.24. The summed E-state index contributed by atoms with van der Waals surface area (Å²) < 4.78 is 61.5. The van der Waals surface area contributed by atoms with Crippen LogP contribution >= 0.6 is 0 Å². The Hall–Kier alpha value is -1.00. The zero-order valence-corrected chi connectivity index (χ0v) is 9.49. The van der Waals surface area contributed by atoms with Crippen LogP contribution in [0, 0.1) is 0 Å². The molecule has 1 rings (SSSR count). The molecule has 0 aliphatic heterocycles. The van der Waals surface area contributed by atoms with Gasteiger partial charge in [0.05, 0.1) is 0 Å². The van der Waals surface area contributed by atoms with Gasteiger partial charge in [-0.15, -0.1) is 0 Å². The fourth-order valence-corrected chi connectivity index (χ4v) is 3.27. The van der Waals surface area contributed by atoms with Crippen LogP contribution in [0.15, 0.2) is 28.0 Å². The molecule has 0 aliphatic carbocycles. The molecule has 9 heteroatoms. The van der Waals surface area contributed by atoms with E-state index in [1.807, 2.05) is 0 Å². The van der Waals surface area contributed by atoms with Crippen LogP contribution in [-0.4, -0.2) is 25.9 Å². The molecule has 1 aromatic carbocycles. The second kappa shape index (κ2) is 4.11. The Morgan fingerprint density at radius 1 is 1.06 bits per heavy atom. The number of benzene rings is 1. The van der Waals surface area contributed by atoms with Crippen molar-refractivity contribution in [1.29, 1.82) is 0 Å². The predicted octanol–water partition coefficient (Wildman–Crippen LogP) is -0.361. The lowest BCUT2D eigenvalue weighted by Gasteiger charge is -2.08. The molecule has 0 aromatic heterocycles. The number of hydrogen-bond donors (Lipinski definition) is 3. The lowest BCUT2D eigenvalue weighted by molar-refractivity contribution is 0.465. The Bertz CT molecular complexity index is 604. The van der Waals surface area contributed by atoms with Gasteiger partial charge in [-0.25, -0.2) is 0 Å². The van der Waals surface area contributed by atoms with Gasteiger partial charge in [0.1, 0.15) is 9.79 Å². The summed E-state index contributed by atoms with van der Waals surface area (Å²) >= 11 is 0. The zero-order chi connectivity index (χ0) is 12.6. The van der Waals surface area contributed by atoms with E-state index in [1.54, 1.807) is 0 Å². The third kappa shape index (κ3) is 2.57. The van der Waals surface area contributed by atoms with Crippen LogP contribution in [0.3, 0.4) is 0 Å². The van der Waals surface area contributed by atoms with Crippen LogP contribution in [0.25, 0.3) is 0 Å². The highest BCUT2D eigenvalue weighted by atomic mass is 32.2. The molecule has 0 heterocycles. The van der Waals surface area contributed by atoms with Crippen molar-refractivity contribution in [2.75, 3.05) is 0 Å². The fraction of sp³-hybridized carbons (Fsp3) is 0.143. The summed E-state index contributed by atoms with van der Waals surface area (Å²) in [5, 5.41) is 0. The van der Waals surface area contributed by atoms with Gasteiger partial charge < -0.3 is 5.73 Å². The van der Waals surface area contributed by atoms with Gasteiger partial charge in [-0.1, -0.05) is 12.1 Å². The van der Waals surface area contributed by atoms with Crippen LogP contribution in [0.4, 0.5) is 0 Å². The Morgan fingerprint density at radius 3 is 2.00 bits per heavy atom. The van der Waals surface area contributed by atoms with E-state index in [2.05, 4.69) is 0 Å². The molecule has 1 aromatic rings. The molecule has 7 nitrogen and oxygen atoms in total. The summed E-state index contributed by atoms with van der Waals surface area (Å²) in [7, 11) is -9.52. The quantitative estimate of drug-likeness (QED) is 0.636. The minimum Gasteiger partial charge on any atom is -0.326 e. The van der Waals surface area contributed by atoms with E-state index in [9.17, 15) is 16.8 Å². The van der Waals surface area contributed by atoms with Gasteiger partial charge in [-0.2, -0.15) is 16.8 Å².